The van der Waals surface area contributed by atoms with E-state index in [0.29, 0.717) is 34.6 Å². The summed E-state index contributed by atoms with van der Waals surface area (Å²) in [5, 5.41) is 15.7. The van der Waals surface area contributed by atoms with Crippen molar-refractivity contribution in [1.29, 1.82) is 0 Å². The van der Waals surface area contributed by atoms with Crippen molar-refractivity contribution in [3.8, 4) is 11.7 Å². The van der Waals surface area contributed by atoms with E-state index in [1.807, 2.05) is 6.92 Å². The number of nitrogen functional groups attached to an aromatic ring is 1. The molecule has 0 aliphatic rings. The molecule has 0 fully saturated rings. The van der Waals surface area contributed by atoms with E-state index in [-0.39, 0.29) is 0 Å². The fourth-order valence-electron chi connectivity index (χ4n) is 1.81. The van der Waals surface area contributed by atoms with Gasteiger partial charge in [-0.15, -0.1) is 15.3 Å². The summed E-state index contributed by atoms with van der Waals surface area (Å²) in [5.74, 6) is 1.65. The van der Waals surface area contributed by atoms with Crippen LogP contribution >= 0.6 is 15.9 Å². The van der Waals surface area contributed by atoms with Crippen LogP contribution in [0.25, 0.3) is 11.7 Å². The van der Waals surface area contributed by atoms with Crippen molar-refractivity contribution < 1.29 is 8.83 Å². The molecule has 0 saturated heterocycles. The highest BCUT2D eigenvalue weighted by Gasteiger charge is 2.15. The van der Waals surface area contributed by atoms with Gasteiger partial charge in [-0.3, -0.25) is 0 Å². The lowest BCUT2D eigenvalue weighted by Crippen LogP contribution is -2.07. The minimum Gasteiger partial charge on any atom is -0.444 e. The third-order valence-electron chi connectivity index (χ3n) is 2.74. The van der Waals surface area contributed by atoms with E-state index in [1.165, 1.54) is 0 Å². The van der Waals surface area contributed by atoms with Gasteiger partial charge in [0.25, 0.3) is 5.89 Å². The van der Waals surface area contributed by atoms with Gasteiger partial charge >= 0.3 is 0 Å². The number of nitrogens with two attached hydrogens (primary N) is 1. The minimum absolute atomic E-state index is 0.317. The highest BCUT2D eigenvalue weighted by Crippen LogP contribution is 2.24. The number of nitrogens with zero attached hydrogens (tertiary/aromatic N) is 5. The second-order valence-corrected chi connectivity index (χ2v) is 4.82. The van der Waals surface area contributed by atoms with Crippen molar-refractivity contribution in [3.05, 3.63) is 28.4 Å². The summed E-state index contributed by atoms with van der Waals surface area (Å²) in [5.41, 5.74) is 6.56. The van der Waals surface area contributed by atoms with Crippen LogP contribution in [0.4, 0.5) is 5.82 Å². The molecule has 0 amide bonds. The Balaban J connectivity index is 1.84. The van der Waals surface area contributed by atoms with Gasteiger partial charge in [-0.2, -0.15) is 0 Å². The summed E-state index contributed by atoms with van der Waals surface area (Å²) in [4.78, 5) is 0. The lowest BCUT2D eigenvalue weighted by molar-refractivity contribution is 0.447. The quantitative estimate of drug-likeness (QED) is 0.773. The average Bonchev–Trinajstić information content (AvgIpc) is 3.11. The Morgan fingerprint density at radius 1 is 1.25 bits per heavy atom. The zero-order chi connectivity index (χ0) is 14.1. The first kappa shape index (κ1) is 12.9. The van der Waals surface area contributed by atoms with Crippen molar-refractivity contribution in [1.82, 2.24) is 25.2 Å². The summed E-state index contributed by atoms with van der Waals surface area (Å²) in [6, 6.07) is 3.50. The summed E-state index contributed by atoms with van der Waals surface area (Å²) >= 11 is 3.22. The van der Waals surface area contributed by atoms with Gasteiger partial charge in [-0.05, 0) is 34.5 Å². The molecule has 0 spiro atoms. The number of hydrogen-bond donors (Lipinski definition) is 1. The van der Waals surface area contributed by atoms with E-state index in [2.05, 4.69) is 36.4 Å². The van der Waals surface area contributed by atoms with Crippen LogP contribution < -0.4 is 5.73 Å². The second-order valence-electron chi connectivity index (χ2n) is 4.04. The van der Waals surface area contributed by atoms with Crippen molar-refractivity contribution in [2.45, 2.75) is 19.9 Å². The highest BCUT2D eigenvalue weighted by molar-refractivity contribution is 9.10. The van der Waals surface area contributed by atoms with Crippen LogP contribution in [0.5, 0.6) is 0 Å². The molecule has 3 rings (SSSR count). The van der Waals surface area contributed by atoms with Crippen molar-refractivity contribution in [2.75, 3.05) is 5.73 Å². The molecule has 9 heteroatoms. The predicted octanol–water partition coefficient (Wildman–Crippen LogP) is 1.88. The molecule has 0 aromatic carbocycles. The normalized spacial score (nSPS) is 11.1. The predicted molar refractivity (Wildman–Crippen MR) is 72.6 cm³/mol. The third kappa shape index (κ3) is 2.31. The largest absolute Gasteiger partial charge is 0.444 e. The molecule has 20 heavy (non-hydrogen) atoms. The first-order valence-electron chi connectivity index (χ1n) is 5.93. The smallest absolute Gasteiger partial charge is 0.283 e. The first-order valence-corrected chi connectivity index (χ1v) is 6.72. The number of aromatic nitrogens is 5. The molecule has 0 aliphatic carbocycles. The van der Waals surface area contributed by atoms with Gasteiger partial charge in [0.05, 0.1) is 5.69 Å². The Bertz CT molecular complexity index is 731. The SMILES string of the molecule is CCc1c(N)nnn1Cc1nnc(-c2ccc(Br)o2)o1. The number of furan rings is 1. The van der Waals surface area contributed by atoms with Crippen LogP contribution in [0, 0.1) is 0 Å². The lowest BCUT2D eigenvalue weighted by Gasteiger charge is -2.00. The summed E-state index contributed by atoms with van der Waals surface area (Å²) in [6.45, 7) is 2.30. The summed E-state index contributed by atoms with van der Waals surface area (Å²) in [6.07, 6.45) is 0.727. The van der Waals surface area contributed by atoms with Crippen LogP contribution in [-0.4, -0.2) is 25.2 Å². The maximum absolute atomic E-state index is 5.72. The number of halogens is 1. The maximum atomic E-state index is 5.72. The van der Waals surface area contributed by atoms with Crippen molar-refractivity contribution in [2.24, 2.45) is 0 Å². The van der Waals surface area contributed by atoms with Gasteiger partial charge in [0.2, 0.25) is 5.89 Å². The van der Waals surface area contributed by atoms with E-state index < -0.39 is 0 Å². The standard InChI is InChI=1S/C11H11BrN6O2/c1-2-6-10(13)15-17-18(6)5-9-14-16-11(20-9)7-3-4-8(12)19-7/h3-4H,2,5,13H2,1H3. The molecular weight excluding hydrogens is 328 g/mol. The van der Waals surface area contributed by atoms with Gasteiger partial charge in [-0.25, -0.2) is 4.68 Å². The third-order valence-corrected chi connectivity index (χ3v) is 3.16. The number of anilines is 1. The Morgan fingerprint density at radius 3 is 2.80 bits per heavy atom. The van der Waals surface area contributed by atoms with Gasteiger partial charge < -0.3 is 14.6 Å². The van der Waals surface area contributed by atoms with E-state index >= 15 is 0 Å². The topological polar surface area (TPSA) is 109 Å². The Labute approximate surface area is 122 Å². The maximum Gasteiger partial charge on any atom is 0.283 e. The van der Waals surface area contributed by atoms with Crippen LogP contribution in [0.2, 0.25) is 0 Å². The summed E-state index contributed by atoms with van der Waals surface area (Å²) in [7, 11) is 0. The van der Waals surface area contributed by atoms with Crippen LogP contribution in [-0.2, 0) is 13.0 Å². The Hall–Kier alpha value is -2.16. The average molecular weight is 339 g/mol. The van der Waals surface area contributed by atoms with Gasteiger partial charge in [0, 0.05) is 0 Å². The molecule has 0 unspecified atom stereocenters. The van der Waals surface area contributed by atoms with E-state index in [0.717, 1.165) is 12.1 Å². The van der Waals surface area contributed by atoms with Crippen molar-refractivity contribution in [3.63, 3.8) is 0 Å². The molecule has 0 radical (unpaired) electrons. The molecule has 0 saturated carbocycles. The number of rotatable bonds is 4. The lowest BCUT2D eigenvalue weighted by atomic mass is 10.3. The molecule has 0 atom stereocenters. The Morgan fingerprint density at radius 2 is 2.10 bits per heavy atom. The van der Waals surface area contributed by atoms with Crippen LogP contribution in [0.15, 0.2) is 25.6 Å². The highest BCUT2D eigenvalue weighted by atomic mass is 79.9. The molecule has 3 aromatic heterocycles. The van der Waals surface area contributed by atoms with Crippen LogP contribution in [0.3, 0.4) is 0 Å². The zero-order valence-corrected chi connectivity index (χ0v) is 12.2. The zero-order valence-electron chi connectivity index (χ0n) is 10.6. The fraction of sp³-hybridized carbons (Fsp3) is 0.273. The van der Waals surface area contributed by atoms with E-state index in [4.69, 9.17) is 14.6 Å². The van der Waals surface area contributed by atoms with E-state index in [1.54, 1.807) is 16.8 Å². The molecule has 3 heterocycles. The molecule has 8 nitrogen and oxygen atoms in total. The minimum atomic E-state index is 0.317. The van der Waals surface area contributed by atoms with Gasteiger partial charge in [-0.1, -0.05) is 12.1 Å². The van der Waals surface area contributed by atoms with E-state index in [9.17, 15) is 0 Å². The molecule has 104 valence electrons. The monoisotopic (exact) mass is 338 g/mol. The molecule has 2 N–H and O–H groups in total. The van der Waals surface area contributed by atoms with Crippen molar-refractivity contribution >= 4 is 21.7 Å². The molecular formula is C11H11BrN6O2. The van der Waals surface area contributed by atoms with Gasteiger partial charge in [0.15, 0.2) is 16.2 Å². The van der Waals surface area contributed by atoms with Gasteiger partial charge in [0.1, 0.15) is 6.54 Å². The number of hydrogen-bond acceptors (Lipinski definition) is 7. The fourth-order valence-corrected chi connectivity index (χ4v) is 2.12. The summed E-state index contributed by atoms with van der Waals surface area (Å²) < 4.78 is 13.1. The molecule has 0 aliphatic heterocycles. The van der Waals surface area contributed by atoms with Crippen LogP contribution in [0.1, 0.15) is 18.5 Å². The molecule has 3 aromatic rings. The Kier molecular flexibility index (Phi) is 3.26. The second kappa shape index (κ2) is 5.08. The first-order chi connectivity index (χ1) is 9.67. The molecule has 0 bridgehead atoms.